The molecule has 0 heterocycles. The Morgan fingerprint density at radius 1 is 0.540 bits per heavy atom. The van der Waals surface area contributed by atoms with Gasteiger partial charge in [-0.3, -0.25) is 0 Å². The molecule has 0 N–H and O–H groups in total. The minimum atomic E-state index is -1.51. The molecule has 50 heavy (non-hydrogen) atoms. The van der Waals surface area contributed by atoms with E-state index in [1.165, 1.54) is 42.2 Å². The molecule has 9 heteroatoms. The van der Waals surface area contributed by atoms with Crippen molar-refractivity contribution in [2.45, 2.75) is 63.6 Å². The quantitative estimate of drug-likeness (QED) is 0.182. The van der Waals surface area contributed by atoms with Gasteiger partial charge in [-0.15, -0.1) is 0 Å². The minimum absolute atomic E-state index is 0. The largest absolute Gasteiger partial charge is 1.00 e. The monoisotopic (exact) mass is 898 g/mol. The summed E-state index contributed by atoms with van der Waals surface area (Å²) in [4.78, 5) is 0. The van der Waals surface area contributed by atoms with Crippen molar-refractivity contribution in [2.24, 2.45) is 0 Å². The molecule has 0 saturated carbocycles. The van der Waals surface area contributed by atoms with E-state index in [2.05, 4.69) is 96.2 Å². The number of fused-ring (bicyclic) bond motifs is 3. The van der Waals surface area contributed by atoms with Crippen molar-refractivity contribution in [3.63, 3.8) is 0 Å². The van der Waals surface area contributed by atoms with Crippen LogP contribution in [0.1, 0.15) is 89.7 Å². The number of halogens is 8. The molecule has 2 aliphatic carbocycles. The molecule has 4 aromatic rings. The smallest absolute Gasteiger partial charge is 1.00 e. The second-order valence-electron chi connectivity index (χ2n) is 14.6. The van der Waals surface area contributed by atoms with Crippen LogP contribution in [0.2, 0.25) is 0 Å². The van der Waals surface area contributed by atoms with Crippen LogP contribution < -0.4 is 24.8 Å². The Kier molecular flexibility index (Phi) is 13.1. The summed E-state index contributed by atoms with van der Waals surface area (Å²) in [5, 5.41) is 0. The molecule has 0 radical (unpaired) electrons. The average Bonchev–Trinajstić information content (AvgIpc) is 3.58. The van der Waals surface area contributed by atoms with Crippen LogP contribution >= 0.6 is 69.6 Å². The predicted octanol–water partition coefficient (Wildman–Crippen LogP) is 8.05. The second kappa shape index (κ2) is 15.6. The van der Waals surface area contributed by atoms with E-state index in [1.807, 2.05) is 48.5 Å². The number of benzene rings is 4. The van der Waals surface area contributed by atoms with Crippen LogP contribution in [0.15, 0.2) is 112 Å². The number of hydrogen-bond acceptors (Lipinski definition) is 0. The van der Waals surface area contributed by atoms with Crippen molar-refractivity contribution in [1.82, 2.24) is 0 Å². The summed E-state index contributed by atoms with van der Waals surface area (Å²) in [5.74, 6) is 0. The first kappa shape index (κ1) is 42.1. The van der Waals surface area contributed by atoms with Crippen molar-refractivity contribution in [2.75, 3.05) is 0 Å². The Labute approximate surface area is 351 Å². The summed E-state index contributed by atoms with van der Waals surface area (Å²) in [6.45, 7) is 13.8. The van der Waals surface area contributed by atoms with Crippen LogP contribution in [0.25, 0.3) is 16.7 Å². The molecule has 0 fully saturated rings. The van der Waals surface area contributed by atoms with E-state index in [9.17, 15) is 0 Å². The van der Waals surface area contributed by atoms with Gasteiger partial charge in [-0.1, -0.05) is 0 Å². The van der Waals surface area contributed by atoms with Crippen LogP contribution in [0.3, 0.4) is 0 Å². The normalized spacial score (nSPS) is 14.3. The topological polar surface area (TPSA) is 0 Å². The first-order valence-electron chi connectivity index (χ1n) is 15.9. The Morgan fingerprint density at radius 2 is 0.920 bits per heavy atom. The predicted molar refractivity (Wildman–Crippen MR) is 206 cm³/mol. The Morgan fingerprint density at radius 3 is 1.28 bits per heavy atom. The van der Waals surface area contributed by atoms with Gasteiger partial charge in [-0.25, -0.2) is 0 Å². The van der Waals surface area contributed by atoms with E-state index in [4.69, 9.17) is 69.6 Å². The molecule has 0 unspecified atom stereocenters. The van der Waals surface area contributed by atoms with Crippen molar-refractivity contribution in [3.8, 4) is 11.1 Å². The molecule has 0 atom stereocenters. The molecule has 4 aromatic carbocycles. The molecule has 0 aromatic heterocycles. The standard InChI is InChI=1S/C21H25.C20H11Cl6.2ClH.Zr/c1-20(2,3)16-7-9-18-14(12-16)11-15-13-17(21(4,5)6)8-10-19(15)18;21-19(22,23)16-9-5-14(6-10-16)18(13-3-1-2-4-13)15-7-11-17(12-8-15)20(24,25)26;;;/h7-13H,1-6H3;1-3,5-12H;2*1H;/q;;;;+2/p-2. The molecular weight excluding hydrogens is 867 g/mol. The maximum absolute atomic E-state index is 6.24. The van der Waals surface area contributed by atoms with Gasteiger partial charge in [0.05, 0.1) is 0 Å². The first-order chi connectivity index (χ1) is 22.3. The van der Waals surface area contributed by atoms with E-state index in [0.717, 1.165) is 16.7 Å². The third kappa shape index (κ3) is 8.81. The summed E-state index contributed by atoms with van der Waals surface area (Å²) >= 11 is 36.1. The van der Waals surface area contributed by atoms with Crippen LogP contribution in [-0.2, 0) is 41.6 Å². The van der Waals surface area contributed by atoms with E-state index in [1.54, 1.807) is 0 Å². The first-order valence-corrected chi connectivity index (χ1v) is 20.8. The molecule has 2 aliphatic rings. The SMILES string of the molecule is CC(C)(C)c1ccc2c(c1)[CH]([Zr+2][C]1=CC=CC1=C(c1ccc(C(Cl)(Cl)Cl)cc1)c1ccc(C(Cl)(Cl)Cl)cc1)c1cc(C(C)(C)C)ccc1-2.[Cl-].[Cl-]. The fraction of sp³-hybridized carbons (Fsp3) is 0.268. The van der Waals surface area contributed by atoms with Gasteiger partial charge in [0.1, 0.15) is 0 Å². The summed E-state index contributed by atoms with van der Waals surface area (Å²) in [6, 6.07) is 29.9. The van der Waals surface area contributed by atoms with Gasteiger partial charge in [0.25, 0.3) is 0 Å². The van der Waals surface area contributed by atoms with Gasteiger partial charge in [0.2, 0.25) is 0 Å². The van der Waals surface area contributed by atoms with Gasteiger partial charge >= 0.3 is 330 Å². The summed E-state index contributed by atoms with van der Waals surface area (Å²) in [5.41, 5.74) is 14.1. The molecule has 0 amide bonds. The fourth-order valence-corrected chi connectivity index (χ4v) is 11.2. The molecular formula is C41H36Cl8Zr. The second-order valence-corrected chi connectivity index (χ2v) is 22.6. The molecule has 0 aliphatic heterocycles. The van der Waals surface area contributed by atoms with Crippen LogP contribution in [-0.4, -0.2) is 0 Å². The maximum Gasteiger partial charge on any atom is -1.00 e. The van der Waals surface area contributed by atoms with Crippen LogP contribution in [0.4, 0.5) is 0 Å². The fourth-order valence-electron chi connectivity index (χ4n) is 6.40. The van der Waals surface area contributed by atoms with Crippen molar-refractivity contribution in [3.05, 3.63) is 157 Å². The Bertz CT molecular complexity index is 1840. The van der Waals surface area contributed by atoms with E-state index in [0.29, 0.717) is 14.8 Å². The van der Waals surface area contributed by atoms with Crippen LogP contribution in [0.5, 0.6) is 0 Å². The van der Waals surface area contributed by atoms with E-state index in [-0.39, 0.29) is 35.6 Å². The summed E-state index contributed by atoms with van der Waals surface area (Å²) in [7, 11) is 0. The van der Waals surface area contributed by atoms with E-state index >= 15 is 0 Å². The van der Waals surface area contributed by atoms with Crippen molar-refractivity contribution >= 4 is 75.2 Å². The zero-order valence-electron chi connectivity index (χ0n) is 28.4. The Balaban J connectivity index is 0.00000281. The molecule has 6 rings (SSSR count). The van der Waals surface area contributed by atoms with Gasteiger partial charge in [-0.2, -0.15) is 0 Å². The van der Waals surface area contributed by atoms with Crippen LogP contribution in [0, 0.1) is 0 Å². The summed E-state index contributed by atoms with van der Waals surface area (Å²) in [6.07, 6.45) is 6.75. The number of allylic oxidation sites excluding steroid dienone is 5. The van der Waals surface area contributed by atoms with Gasteiger partial charge < -0.3 is 24.8 Å². The van der Waals surface area contributed by atoms with Gasteiger partial charge in [0, 0.05) is 0 Å². The minimum Gasteiger partial charge on any atom is -1.00 e. The zero-order valence-corrected chi connectivity index (χ0v) is 36.9. The third-order valence-electron chi connectivity index (χ3n) is 9.13. The maximum atomic E-state index is 6.24. The van der Waals surface area contributed by atoms with Crippen molar-refractivity contribution < 1.29 is 48.0 Å². The summed E-state index contributed by atoms with van der Waals surface area (Å²) < 4.78 is -1.23. The average molecular weight is 904 g/mol. The zero-order chi connectivity index (χ0) is 34.8. The van der Waals surface area contributed by atoms with Crippen molar-refractivity contribution in [1.29, 1.82) is 0 Å². The molecule has 0 bridgehead atoms. The number of hydrogen-bond donors (Lipinski definition) is 0. The number of alkyl halides is 6. The molecule has 0 saturated heterocycles. The third-order valence-corrected chi connectivity index (χ3v) is 14.5. The molecule has 0 spiro atoms. The van der Waals surface area contributed by atoms with Gasteiger partial charge in [-0.05, 0) is 0 Å². The van der Waals surface area contributed by atoms with E-state index < -0.39 is 30.8 Å². The molecule has 260 valence electrons. The van der Waals surface area contributed by atoms with Gasteiger partial charge in [0.15, 0.2) is 0 Å². The number of rotatable bonds is 4. The Hall–Kier alpha value is -0.697. The molecule has 0 nitrogen and oxygen atoms in total.